The smallest absolute Gasteiger partial charge is 0.162 e. The Kier molecular flexibility index (Phi) is 3.07. The van der Waals surface area contributed by atoms with E-state index in [-0.39, 0.29) is 6.10 Å². The molecule has 2 aromatic rings. The van der Waals surface area contributed by atoms with E-state index in [4.69, 9.17) is 9.47 Å². The predicted molar refractivity (Wildman–Crippen MR) is 80.0 cm³/mol. The van der Waals surface area contributed by atoms with Crippen molar-refractivity contribution in [2.24, 2.45) is 5.92 Å². The summed E-state index contributed by atoms with van der Waals surface area (Å²) in [7, 11) is 0. The Balaban J connectivity index is 1.64. The summed E-state index contributed by atoms with van der Waals surface area (Å²) < 4.78 is 11.2. The van der Waals surface area contributed by atoms with Crippen molar-refractivity contribution >= 4 is 16.6 Å². The molecule has 1 aliphatic heterocycles. The number of aliphatic hydroxyl groups is 1. The first-order chi connectivity index (χ1) is 10.3. The van der Waals surface area contributed by atoms with Crippen LogP contribution in [0, 0.1) is 5.92 Å². The summed E-state index contributed by atoms with van der Waals surface area (Å²) in [6, 6.07) is 5.90. The topological polar surface area (TPSA) is 63.6 Å². The van der Waals surface area contributed by atoms with Crippen molar-refractivity contribution in [3.63, 3.8) is 0 Å². The Hall–Kier alpha value is -2.01. The molecule has 1 aromatic heterocycles. The molecule has 0 bridgehead atoms. The van der Waals surface area contributed by atoms with Crippen LogP contribution >= 0.6 is 0 Å². The van der Waals surface area contributed by atoms with Gasteiger partial charge in [-0.3, -0.25) is 0 Å². The number of benzene rings is 1. The van der Waals surface area contributed by atoms with Gasteiger partial charge in [0.15, 0.2) is 11.5 Å². The molecule has 5 heteroatoms. The van der Waals surface area contributed by atoms with Crippen molar-refractivity contribution in [2.45, 2.75) is 18.9 Å². The molecule has 0 radical (unpaired) electrons. The van der Waals surface area contributed by atoms with Gasteiger partial charge in [-0.15, -0.1) is 0 Å². The molecule has 1 aliphatic carbocycles. The highest BCUT2D eigenvalue weighted by atomic mass is 16.6. The number of nitrogens with one attached hydrogen (secondary N) is 1. The number of pyridine rings is 1. The minimum Gasteiger partial charge on any atom is -0.486 e. The summed E-state index contributed by atoms with van der Waals surface area (Å²) >= 11 is 0. The standard InChI is InChI=1S/C16H18N2O3/c19-13(10-1-2-10)9-18-16-12-8-15-14(20-5-6-21-15)7-11(12)3-4-17-16/h3-4,7-8,10,13,19H,1-2,5-6,9H2,(H,17,18). The molecule has 1 saturated carbocycles. The third-order valence-electron chi connectivity index (χ3n) is 4.07. The minimum absolute atomic E-state index is 0.292. The Morgan fingerprint density at radius 1 is 1.24 bits per heavy atom. The zero-order valence-electron chi connectivity index (χ0n) is 11.7. The Bertz CT molecular complexity index is 670. The first-order valence-electron chi connectivity index (χ1n) is 7.41. The highest BCUT2D eigenvalue weighted by Crippen LogP contribution is 2.37. The van der Waals surface area contributed by atoms with Crippen LogP contribution < -0.4 is 14.8 Å². The number of ether oxygens (including phenoxy) is 2. The van der Waals surface area contributed by atoms with Crippen LogP contribution in [-0.2, 0) is 0 Å². The second-order valence-corrected chi connectivity index (χ2v) is 5.66. The number of rotatable bonds is 4. The zero-order valence-corrected chi connectivity index (χ0v) is 11.7. The molecule has 0 amide bonds. The number of anilines is 1. The van der Waals surface area contributed by atoms with E-state index in [1.807, 2.05) is 18.2 Å². The summed E-state index contributed by atoms with van der Waals surface area (Å²) in [5.41, 5.74) is 0. The van der Waals surface area contributed by atoms with Gasteiger partial charge in [-0.2, -0.15) is 0 Å². The fourth-order valence-electron chi connectivity index (χ4n) is 2.70. The highest BCUT2D eigenvalue weighted by Gasteiger charge is 2.29. The summed E-state index contributed by atoms with van der Waals surface area (Å²) in [5.74, 6) is 2.78. The van der Waals surface area contributed by atoms with Crippen molar-refractivity contribution < 1.29 is 14.6 Å². The molecule has 110 valence electrons. The number of aromatic nitrogens is 1. The van der Waals surface area contributed by atoms with Crippen LogP contribution in [0.4, 0.5) is 5.82 Å². The molecule has 1 unspecified atom stereocenters. The molecular formula is C16H18N2O3. The van der Waals surface area contributed by atoms with Crippen LogP contribution in [0.5, 0.6) is 11.5 Å². The van der Waals surface area contributed by atoms with Crippen LogP contribution in [0.1, 0.15) is 12.8 Å². The maximum Gasteiger partial charge on any atom is 0.162 e. The second kappa shape index (κ2) is 5.07. The quantitative estimate of drug-likeness (QED) is 0.902. The average molecular weight is 286 g/mol. The van der Waals surface area contributed by atoms with Gasteiger partial charge in [0.2, 0.25) is 0 Å². The lowest BCUT2D eigenvalue weighted by Gasteiger charge is -2.20. The minimum atomic E-state index is -0.292. The normalized spacial score (nSPS) is 18.5. The molecule has 1 aromatic carbocycles. The van der Waals surface area contributed by atoms with Crippen LogP contribution in [0.15, 0.2) is 24.4 Å². The first-order valence-corrected chi connectivity index (χ1v) is 7.41. The van der Waals surface area contributed by atoms with E-state index in [0.717, 1.165) is 40.9 Å². The number of fused-ring (bicyclic) bond motifs is 2. The lowest BCUT2D eigenvalue weighted by molar-refractivity contribution is 0.164. The molecule has 0 spiro atoms. The lowest BCUT2D eigenvalue weighted by Crippen LogP contribution is -2.21. The highest BCUT2D eigenvalue weighted by molar-refractivity contribution is 5.94. The van der Waals surface area contributed by atoms with Crippen molar-refractivity contribution in [3.05, 3.63) is 24.4 Å². The summed E-state index contributed by atoms with van der Waals surface area (Å²) in [5, 5.41) is 15.3. The molecule has 0 saturated heterocycles. The van der Waals surface area contributed by atoms with E-state index in [1.165, 1.54) is 0 Å². The van der Waals surface area contributed by atoms with Gasteiger partial charge in [-0.05, 0) is 42.3 Å². The number of hydrogen-bond donors (Lipinski definition) is 2. The van der Waals surface area contributed by atoms with E-state index < -0.39 is 0 Å². The van der Waals surface area contributed by atoms with Gasteiger partial charge in [-0.1, -0.05) is 0 Å². The molecule has 1 fully saturated rings. The van der Waals surface area contributed by atoms with E-state index in [9.17, 15) is 5.11 Å². The summed E-state index contributed by atoms with van der Waals surface area (Å²) in [6.07, 6.45) is 3.73. The Morgan fingerprint density at radius 3 is 2.76 bits per heavy atom. The molecule has 2 heterocycles. The van der Waals surface area contributed by atoms with Crippen LogP contribution in [0.25, 0.3) is 10.8 Å². The fourth-order valence-corrected chi connectivity index (χ4v) is 2.70. The fraction of sp³-hybridized carbons (Fsp3) is 0.438. The lowest BCUT2D eigenvalue weighted by atomic mass is 10.1. The second-order valence-electron chi connectivity index (χ2n) is 5.66. The van der Waals surface area contributed by atoms with Gasteiger partial charge >= 0.3 is 0 Å². The van der Waals surface area contributed by atoms with Crippen molar-refractivity contribution in [2.75, 3.05) is 25.1 Å². The average Bonchev–Trinajstić information content (AvgIpc) is 3.35. The maximum absolute atomic E-state index is 9.98. The van der Waals surface area contributed by atoms with Gasteiger partial charge in [0.1, 0.15) is 19.0 Å². The molecule has 4 rings (SSSR count). The third-order valence-corrected chi connectivity index (χ3v) is 4.07. The number of nitrogens with zero attached hydrogens (tertiary/aromatic N) is 1. The van der Waals surface area contributed by atoms with Crippen LogP contribution in [-0.4, -0.2) is 36.0 Å². The van der Waals surface area contributed by atoms with Crippen molar-refractivity contribution in [3.8, 4) is 11.5 Å². The molecule has 5 nitrogen and oxygen atoms in total. The van der Waals surface area contributed by atoms with Gasteiger partial charge in [0.25, 0.3) is 0 Å². The Morgan fingerprint density at radius 2 is 2.00 bits per heavy atom. The zero-order chi connectivity index (χ0) is 14.2. The van der Waals surface area contributed by atoms with E-state index in [2.05, 4.69) is 10.3 Å². The maximum atomic E-state index is 9.98. The van der Waals surface area contributed by atoms with E-state index >= 15 is 0 Å². The van der Waals surface area contributed by atoms with Gasteiger partial charge in [-0.25, -0.2) is 4.98 Å². The Labute approximate surface area is 122 Å². The summed E-state index contributed by atoms with van der Waals surface area (Å²) in [6.45, 7) is 1.69. The monoisotopic (exact) mass is 286 g/mol. The summed E-state index contributed by atoms with van der Waals surface area (Å²) in [4.78, 5) is 4.39. The molecule has 21 heavy (non-hydrogen) atoms. The van der Waals surface area contributed by atoms with Gasteiger partial charge in [0, 0.05) is 18.1 Å². The molecule has 2 N–H and O–H groups in total. The third kappa shape index (κ3) is 2.49. The van der Waals surface area contributed by atoms with Gasteiger partial charge < -0.3 is 19.9 Å². The molecule has 2 aliphatic rings. The largest absolute Gasteiger partial charge is 0.486 e. The van der Waals surface area contributed by atoms with Crippen molar-refractivity contribution in [1.29, 1.82) is 0 Å². The van der Waals surface area contributed by atoms with Crippen molar-refractivity contribution in [1.82, 2.24) is 4.98 Å². The van der Waals surface area contributed by atoms with Crippen LogP contribution in [0.3, 0.4) is 0 Å². The predicted octanol–water partition coefficient (Wildman–Crippen LogP) is 2.19. The van der Waals surface area contributed by atoms with E-state index in [1.54, 1.807) is 6.20 Å². The molecule has 1 atom stereocenters. The van der Waals surface area contributed by atoms with E-state index in [0.29, 0.717) is 25.7 Å². The molecular weight excluding hydrogens is 268 g/mol. The number of hydrogen-bond acceptors (Lipinski definition) is 5. The van der Waals surface area contributed by atoms with Crippen LogP contribution in [0.2, 0.25) is 0 Å². The van der Waals surface area contributed by atoms with Gasteiger partial charge in [0.05, 0.1) is 6.10 Å². The number of aliphatic hydroxyl groups excluding tert-OH is 1. The SMILES string of the molecule is OC(CNc1nccc2cc3c(cc12)OCCO3)C1CC1. The first kappa shape index (κ1) is 12.7.